The molecule has 3 rings (SSSR count). The zero-order valence-electron chi connectivity index (χ0n) is 13.8. The average Bonchev–Trinajstić information content (AvgIpc) is 3.14. The molecule has 1 aromatic rings. The minimum absolute atomic E-state index is 0.139. The van der Waals surface area contributed by atoms with Crippen molar-refractivity contribution in [1.82, 2.24) is 14.8 Å². The quantitative estimate of drug-likeness (QED) is 0.854. The van der Waals surface area contributed by atoms with Gasteiger partial charge in [0, 0.05) is 38.9 Å². The molecule has 1 aromatic heterocycles. The third kappa shape index (κ3) is 2.70. The van der Waals surface area contributed by atoms with Crippen LogP contribution in [0, 0.1) is 0 Å². The Labute approximate surface area is 132 Å². The lowest BCUT2D eigenvalue weighted by molar-refractivity contribution is 0.0665. The van der Waals surface area contributed by atoms with Crippen LogP contribution < -0.4 is 4.90 Å². The number of amides is 1. The Kier molecular flexibility index (Phi) is 4.34. The van der Waals surface area contributed by atoms with Crippen molar-refractivity contribution in [3.8, 4) is 0 Å². The average molecular weight is 302 g/mol. The number of hydrogen-bond donors (Lipinski definition) is 0. The van der Waals surface area contributed by atoms with Crippen LogP contribution in [0.4, 0.5) is 5.82 Å². The van der Waals surface area contributed by atoms with Crippen LogP contribution in [0.2, 0.25) is 0 Å². The molecule has 0 unspecified atom stereocenters. The van der Waals surface area contributed by atoms with Crippen molar-refractivity contribution in [2.75, 3.05) is 39.1 Å². The standard InChI is InChI=1S/C17H26N4O/c1-19(2)16-13(7-4-10-18-16)17(22)21-12-6-9-15(21)14-8-5-11-20(14)3/h4,7,10,14-15H,5-6,8-9,11-12H2,1-3H3/t14-,15+/m0/s1. The molecule has 120 valence electrons. The van der Waals surface area contributed by atoms with Crippen molar-refractivity contribution in [3.63, 3.8) is 0 Å². The van der Waals surface area contributed by atoms with E-state index in [1.807, 2.05) is 31.1 Å². The monoisotopic (exact) mass is 302 g/mol. The SMILES string of the molecule is CN(C)c1ncccc1C(=O)N1CCC[C@@H]1[C@@H]1CCCN1C. The van der Waals surface area contributed by atoms with E-state index in [9.17, 15) is 4.79 Å². The lowest BCUT2D eigenvalue weighted by Gasteiger charge is -2.33. The Bertz CT molecular complexity index is 545. The van der Waals surface area contributed by atoms with E-state index in [4.69, 9.17) is 0 Å². The van der Waals surface area contributed by atoms with Crippen LogP contribution in [0.25, 0.3) is 0 Å². The molecule has 0 spiro atoms. The molecule has 5 nitrogen and oxygen atoms in total. The zero-order valence-corrected chi connectivity index (χ0v) is 13.8. The van der Waals surface area contributed by atoms with Gasteiger partial charge in [-0.3, -0.25) is 4.79 Å². The minimum Gasteiger partial charge on any atom is -0.362 e. The summed E-state index contributed by atoms with van der Waals surface area (Å²) in [7, 11) is 6.06. The lowest BCUT2D eigenvalue weighted by Crippen LogP contribution is -2.47. The molecule has 2 aliphatic heterocycles. The molecule has 0 aliphatic carbocycles. The van der Waals surface area contributed by atoms with Crippen molar-refractivity contribution < 1.29 is 4.79 Å². The van der Waals surface area contributed by atoms with E-state index >= 15 is 0 Å². The van der Waals surface area contributed by atoms with Crippen LogP contribution >= 0.6 is 0 Å². The van der Waals surface area contributed by atoms with Crippen LogP contribution in [0.15, 0.2) is 18.3 Å². The van der Waals surface area contributed by atoms with E-state index in [0.29, 0.717) is 12.1 Å². The van der Waals surface area contributed by atoms with Crippen molar-refractivity contribution in [1.29, 1.82) is 0 Å². The molecule has 2 atom stereocenters. The Morgan fingerprint density at radius 3 is 2.64 bits per heavy atom. The molecular weight excluding hydrogens is 276 g/mol. The number of likely N-dealkylation sites (tertiary alicyclic amines) is 2. The van der Waals surface area contributed by atoms with Gasteiger partial charge < -0.3 is 14.7 Å². The van der Waals surface area contributed by atoms with Gasteiger partial charge in [0.25, 0.3) is 5.91 Å². The fourth-order valence-corrected chi connectivity index (χ4v) is 3.94. The summed E-state index contributed by atoms with van der Waals surface area (Å²) >= 11 is 0. The Morgan fingerprint density at radius 1 is 1.23 bits per heavy atom. The smallest absolute Gasteiger partial charge is 0.257 e. The van der Waals surface area contributed by atoms with Crippen LogP contribution in [0.1, 0.15) is 36.0 Å². The number of hydrogen-bond acceptors (Lipinski definition) is 4. The van der Waals surface area contributed by atoms with Crippen molar-refractivity contribution >= 4 is 11.7 Å². The maximum absolute atomic E-state index is 13.1. The normalized spacial score (nSPS) is 25.7. The first-order valence-electron chi connectivity index (χ1n) is 8.23. The molecule has 0 radical (unpaired) electrons. The van der Waals surface area contributed by atoms with Gasteiger partial charge in [-0.05, 0) is 51.4 Å². The summed E-state index contributed by atoms with van der Waals surface area (Å²) in [5, 5.41) is 0. The molecule has 0 bridgehead atoms. The number of likely N-dealkylation sites (N-methyl/N-ethyl adjacent to an activating group) is 1. The van der Waals surface area contributed by atoms with E-state index in [1.165, 1.54) is 12.8 Å². The number of nitrogens with zero attached hydrogens (tertiary/aromatic N) is 4. The van der Waals surface area contributed by atoms with E-state index in [-0.39, 0.29) is 5.91 Å². The second-order valence-electron chi connectivity index (χ2n) is 6.67. The van der Waals surface area contributed by atoms with Crippen LogP contribution in [-0.2, 0) is 0 Å². The predicted octanol–water partition coefficient (Wildman–Crippen LogP) is 1.85. The second kappa shape index (κ2) is 6.24. The predicted molar refractivity (Wildman–Crippen MR) is 88.3 cm³/mol. The Morgan fingerprint density at radius 2 is 1.95 bits per heavy atom. The first-order chi connectivity index (χ1) is 10.6. The first-order valence-corrected chi connectivity index (χ1v) is 8.23. The van der Waals surface area contributed by atoms with E-state index in [1.54, 1.807) is 6.20 Å². The van der Waals surface area contributed by atoms with Crippen LogP contribution in [-0.4, -0.2) is 67.0 Å². The molecule has 5 heteroatoms. The molecule has 2 saturated heterocycles. The summed E-state index contributed by atoms with van der Waals surface area (Å²) in [4.78, 5) is 23.9. The highest BCUT2D eigenvalue weighted by atomic mass is 16.2. The molecule has 0 saturated carbocycles. The van der Waals surface area contributed by atoms with E-state index in [0.717, 1.165) is 37.3 Å². The van der Waals surface area contributed by atoms with Crippen molar-refractivity contribution in [3.05, 3.63) is 23.9 Å². The summed E-state index contributed by atoms with van der Waals surface area (Å²) in [6, 6.07) is 4.63. The van der Waals surface area contributed by atoms with Gasteiger partial charge in [0.1, 0.15) is 5.82 Å². The third-order valence-electron chi connectivity index (χ3n) is 5.02. The molecule has 1 amide bonds. The van der Waals surface area contributed by atoms with Gasteiger partial charge in [-0.2, -0.15) is 0 Å². The minimum atomic E-state index is 0.139. The van der Waals surface area contributed by atoms with Crippen molar-refractivity contribution in [2.45, 2.75) is 37.8 Å². The second-order valence-corrected chi connectivity index (χ2v) is 6.67. The highest BCUT2D eigenvalue weighted by Crippen LogP contribution is 2.31. The summed E-state index contributed by atoms with van der Waals surface area (Å²) in [6.45, 7) is 2.02. The number of aromatic nitrogens is 1. The fourth-order valence-electron chi connectivity index (χ4n) is 3.94. The maximum Gasteiger partial charge on any atom is 0.257 e. The lowest BCUT2D eigenvalue weighted by atomic mass is 10.0. The number of pyridine rings is 1. The number of carbonyl (C=O) groups is 1. The maximum atomic E-state index is 13.1. The van der Waals surface area contributed by atoms with Crippen molar-refractivity contribution in [2.24, 2.45) is 0 Å². The van der Waals surface area contributed by atoms with Gasteiger partial charge in [-0.15, -0.1) is 0 Å². The van der Waals surface area contributed by atoms with E-state index in [2.05, 4.69) is 21.8 Å². The molecule has 2 fully saturated rings. The third-order valence-corrected chi connectivity index (χ3v) is 5.02. The van der Waals surface area contributed by atoms with Gasteiger partial charge in [0.05, 0.1) is 5.56 Å². The van der Waals surface area contributed by atoms with Crippen LogP contribution in [0.5, 0.6) is 0 Å². The molecular formula is C17H26N4O. The molecule has 2 aliphatic rings. The molecule has 0 aromatic carbocycles. The first kappa shape index (κ1) is 15.3. The summed E-state index contributed by atoms with van der Waals surface area (Å²) in [6.07, 6.45) is 6.43. The van der Waals surface area contributed by atoms with Gasteiger partial charge in [0.15, 0.2) is 0 Å². The Balaban J connectivity index is 1.85. The fraction of sp³-hybridized carbons (Fsp3) is 0.647. The largest absolute Gasteiger partial charge is 0.362 e. The number of anilines is 1. The summed E-state index contributed by atoms with van der Waals surface area (Å²) < 4.78 is 0. The Hall–Kier alpha value is -1.62. The molecule has 3 heterocycles. The van der Waals surface area contributed by atoms with Gasteiger partial charge in [0.2, 0.25) is 0 Å². The zero-order chi connectivity index (χ0) is 15.7. The van der Waals surface area contributed by atoms with Gasteiger partial charge in [-0.25, -0.2) is 4.98 Å². The van der Waals surface area contributed by atoms with E-state index < -0.39 is 0 Å². The highest BCUT2D eigenvalue weighted by Gasteiger charge is 2.39. The van der Waals surface area contributed by atoms with Crippen LogP contribution in [0.3, 0.4) is 0 Å². The molecule has 22 heavy (non-hydrogen) atoms. The summed E-state index contributed by atoms with van der Waals surface area (Å²) in [5.74, 6) is 0.900. The van der Waals surface area contributed by atoms with Gasteiger partial charge in [-0.1, -0.05) is 0 Å². The van der Waals surface area contributed by atoms with Gasteiger partial charge >= 0.3 is 0 Å². The summed E-state index contributed by atoms with van der Waals surface area (Å²) in [5.41, 5.74) is 0.722. The topological polar surface area (TPSA) is 39.7 Å². The molecule has 0 N–H and O–H groups in total. The highest BCUT2D eigenvalue weighted by molar-refractivity contribution is 5.99. The number of rotatable bonds is 3. The number of carbonyl (C=O) groups excluding carboxylic acids is 1.